The van der Waals surface area contributed by atoms with E-state index in [4.69, 9.17) is 10.2 Å². The lowest BCUT2D eigenvalue weighted by Crippen LogP contribution is -2.27. The fourth-order valence-electron chi connectivity index (χ4n) is 0.740. The normalized spacial score (nSPS) is 12.8. The lowest BCUT2D eigenvalue weighted by atomic mass is 10.3. The minimum Gasteiger partial charge on any atom is -0.480 e. The van der Waals surface area contributed by atoms with Crippen molar-refractivity contribution in [3.63, 3.8) is 0 Å². The number of carboxylic acid groups (broad SMARTS) is 1. The van der Waals surface area contributed by atoms with Gasteiger partial charge >= 0.3 is 5.97 Å². The van der Waals surface area contributed by atoms with Crippen LogP contribution >= 0.6 is 0 Å². The first-order chi connectivity index (χ1) is 5.66. The van der Waals surface area contributed by atoms with Crippen molar-refractivity contribution < 1.29 is 19.7 Å². The number of hydrogen-bond donors (Lipinski definition) is 3. The highest BCUT2D eigenvalue weighted by molar-refractivity contribution is 5.68. The zero-order chi connectivity index (χ0) is 9.40. The summed E-state index contributed by atoms with van der Waals surface area (Å²) in [5, 5.41) is 20.0. The Hall–Kier alpha value is -0.650. The molecule has 0 aliphatic heterocycles. The van der Waals surface area contributed by atoms with Gasteiger partial charge in [-0.2, -0.15) is 0 Å². The van der Waals surface area contributed by atoms with Gasteiger partial charge in [-0.3, -0.25) is 4.79 Å². The summed E-state index contributed by atoms with van der Waals surface area (Å²) in [5.41, 5.74) is 0. The summed E-state index contributed by atoms with van der Waals surface area (Å²) >= 11 is 0. The van der Waals surface area contributed by atoms with Gasteiger partial charge in [0.1, 0.15) is 0 Å². The summed E-state index contributed by atoms with van der Waals surface area (Å²) in [7, 11) is 1.51. The van der Waals surface area contributed by atoms with E-state index in [2.05, 4.69) is 10.1 Å². The smallest absolute Gasteiger partial charge is 0.317 e. The molecule has 0 amide bonds. The van der Waals surface area contributed by atoms with Gasteiger partial charge in [0.15, 0.2) is 0 Å². The fourth-order valence-corrected chi connectivity index (χ4v) is 0.740. The van der Waals surface area contributed by atoms with Gasteiger partial charge in [-0.1, -0.05) is 0 Å². The summed E-state index contributed by atoms with van der Waals surface area (Å²) in [5.74, 6) is -0.892. The Balaban J connectivity index is 3.13. The highest BCUT2D eigenvalue weighted by Gasteiger charge is 2.02. The second-order valence-electron chi connectivity index (χ2n) is 2.47. The summed E-state index contributed by atoms with van der Waals surface area (Å²) in [4.78, 5) is 10.0. The summed E-state index contributed by atoms with van der Waals surface area (Å²) in [6, 6.07) is 0. The minimum absolute atomic E-state index is 0.0697. The maximum atomic E-state index is 10.0. The molecule has 1 unspecified atom stereocenters. The predicted octanol–water partition coefficient (Wildman–Crippen LogP) is -0.942. The van der Waals surface area contributed by atoms with Crippen molar-refractivity contribution in [3.8, 4) is 0 Å². The van der Waals surface area contributed by atoms with E-state index >= 15 is 0 Å². The number of aliphatic carboxylic acids is 1. The molecule has 0 aromatic rings. The lowest BCUT2D eigenvalue weighted by Gasteiger charge is -2.08. The standard InChI is InChI=1S/C7H15NO4/c1-12-5-6(9)2-3-8-4-7(10)11/h6,8-9H,2-5H2,1H3,(H,10,11). The second-order valence-corrected chi connectivity index (χ2v) is 2.47. The number of aliphatic hydroxyl groups is 1. The summed E-state index contributed by atoms with van der Waals surface area (Å²) < 4.78 is 4.69. The third kappa shape index (κ3) is 7.46. The number of methoxy groups -OCH3 is 1. The number of nitrogens with one attached hydrogen (secondary N) is 1. The first-order valence-corrected chi connectivity index (χ1v) is 3.76. The zero-order valence-corrected chi connectivity index (χ0v) is 7.12. The highest BCUT2D eigenvalue weighted by atomic mass is 16.5. The molecule has 0 fully saturated rings. The molecule has 0 spiro atoms. The van der Waals surface area contributed by atoms with Crippen molar-refractivity contribution in [1.29, 1.82) is 0 Å². The van der Waals surface area contributed by atoms with Crippen LogP contribution in [0.4, 0.5) is 0 Å². The maximum absolute atomic E-state index is 10.0. The minimum atomic E-state index is -0.892. The molecule has 12 heavy (non-hydrogen) atoms. The van der Waals surface area contributed by atoms with Gasteiger partial charge in [-0.05, 0) is 13.0 Å². The number of carboxylic acids is 1. The molecule has 1 atom stereocenters. The molecule has 0 radical (unpaired) electrons. The average Bonchev–Trinajstić information content (AvgIpc) is 1.98. The van der Waals surface area contributed by atoms with Crippen molar-refractivity contribution in [2.24, 2.45) is 0 Å². The topological polar surface area (TPSA) is 78.8 Å². The molecule has 3 N–H and O–H groups in total. The third-order valence-corrected chi connectivity index (χ3v) is 1.29. The van der Waals surface area contributed by atoms with E-state index in [0.29, 0.717) is 13.0 Å². The molecule has 5 nitrogen and oxygen atoms in total. The maximum Gasteiger partial charge on any atom is 0.317 e. The van der Waals surface area contributed by atoms with Crippen LogP contribution in [0, 0.1) is 0 Å². The molecule has 0 bridgehead atoms. The fraction of sp³-hybridized carbons (Fsp3) is 0.857. The van der Waals surface area contributed by atoms with Crippen molar-refractivity contribution in [1.82, 2.24) is 5.32 Å². The van der Waals surface area contributed by atoms with Crippen LogP contribution in [-0.2, 0) is 9.53 Å². The Morgan fingerprint density at radius 2 is 2.33 bits per heavy atom. The number of hydrogen-bond acceptors (Lipinski definition) is 4. The number of aliphatic hydroxyl groups excluding tert-OH is 1. The molecule has 0 aromatic heterocycles. The van der Waals surface area contributed by atoms with E-state index in [1.165, 1.54) is 7.11 Å². The quantitative estimate of drug-likeness (QED) is 0.437. The predicted molar refractivity (Wildman–Crippen MR) is 43.0 cm³/mol. The molecule has 0 aliphatic rings. The Kier molecular flexibility index (Phi) is 6.64. The van der Waals surface area contributed by atoms with Crippen LogP contribution < -0.4 is 5.32 Å². The van der Waals surface area contributed by atoms with Gasteiger partial charge in [-0.25, -0.2) is 0 Å². The molecule has 0 saturated carbocycles. The second kappa shape index (κ2) is 7.02. The molecule has 0 heterocycles. The lowest BCUT2D eigenvalue weighted by molar-refractivity contribution is -0.136. The van der Waals surface area contributed by atoms with Gasteiger partial charge in [0.2, 0.25) is 0 Å². The highest BCUT2D eigenvalue weighted by Crippen LogP contribution is 1.89. The molecular weight excluding hydrogens is 162 g/mol. The Bertz CT molecular complexity index is 129. The van der Waals surface area contributed by atoms with E-state index in [1.54, 1.807) is 0 Å². The number of carbonyl (C=O) groups is 1. The van der Waals surface area contributed by atoms with Gasteiger partial charge in [0.05, 0.1) is 19.3 Å². The van der Waals surface area contributed by atoms with Gasteiger partial charge in [0.25, 0.3) is 0 Å². The van der Waals surface area contributed by atoms with Crippen LogP contribution in [-0.4, -0.2) is 49.1 Å². The van der Waals surface area contributed by atoms with E-state index < -0.39 is 12.1 Å². The largest absolute Gasteiger partial charge is 0.480 e. The summed E-state index contributed by atoms with van der Waals surface area (Å²) in [6.45, 7) is 0.700. The SMILES string of the molecule is COCC(O)CCNCC(=O)O. The molecule has 5 heteroatoms. The van der Waals surface area contributed by atoms with Crippen LogP contribution in [0.25, 0.3) is 0 Å². The molecule has 0 saturated heterocycles. The van der Waals surface area contributed by atoms with E-state index in [-0.39, 0.29) is 13.2 Å². The van der Waals surface area contributed by atoms with Crippen LogP contribution in [0.5, 0.6) is 0 Å². The first kappa shape index (κ1) is 11.4. The average molecular weight is 177 g/mol. The van der Waals surface area contributed by atoms with Gasteiger partial charge < -0.3 is 20.3 Å². The van der Waals surface area contributed by atoms with Crippen LogP contribution in [0.1, 0.15) is 6.42 Å². The number of rotatable bonds is 7. The monoisotopic (exact) mass is 177 g/mol. The van der Waals surface area contributed by atoms with Crippen LogP contribution in [0.3, 0.4) is 0 Å². The Labute approximate surface area is 71.3 Å². The molecular formula is C7H15NO4. The molecule has 72 valence electrons. The third-order valence-electron chi connectivity index (χ3n) is 1.29. The first-order valence-electron chi connectivity index (χ1n) is 3.76. The van der Waals surface area contributed by atoms with Crippen molar-refractivity contribution in [3.05, 3.63) is 0 Å². The summed E-state index contributed by atoms with van der Waals surface area (Å²) in [6.07, 6.45) is -0.0162. The van der Waals surface area contributed by atoms with Crippen LogP contribution in [0.15, 0.2) is 0 Å². The zero-order valence-electron chi connectivity index (χ0n) is 7.12. The van der Waals surface area contributed by atoms with E-state index in [9.17, 15) is 4.79 Å². The molecule has 0 aromatic carbocycles. The van der Waals surface area contributed by atoms with Crippen molar-refractivity contribution >= 4 is 5.97 Å². The van der Waals surface area contributed by atoms with Gasteiger partial charge in [0, 0.05) is 7.11 Å². The Morgan fingerprint density at radius 1 is 1.67 bits per heavy atom. The number of ether oxygens (including phenoxy) is 1. The molecule has 0 rings (SSSR count). The van der Waals surface area contributed by atoms with Crippen LogP contribution in [0.2, 0.25) is 0 Å². The van der Waals surface area contributed by atoms with Crippen molar-refractivity contribution in [2.75, 3.05) is 26.8 Å². The van der Waals surface area contributed by atoms with E-state index in [0.717, 1.165) is 0 Å². The van der Waals surface area contributed by atoms with Gasteiger partial charge in [-0.15, -0.1) is 0 Å². The van der Waals surface area contributed by atoms with E-state index in [1.807, 2.05) is 0 Å². The Morgan fingerprint density at radius 3 is 2.83 bits per heavy atom. The van der Waals surface area contributed by atoms with Crippen molar-refractivity contribution in [2.45, 2.75) is 12.5 Å². The molecule has 0 aliphatic carbocycles.